The summed E-state index contributed by atoms with van der Waals surface area (Å²) in [5, 5.41) is 0. The highest BCUT2D eigenvalue weighted by Gasteiger charge is 2.72. The molecule has 1 aromatic carbocycles. The summed E-state index contributed by atoms with van der Waals surface area (Å²) in [4.78, 5) is 18.9. The van der Waals surface area contributed by atoms with Gasteiger partial charge in [0, 0.05) is 5.41 Å². The molecule has 2 saturated carbocycles. The smallest absolute Gasteiger partial charge is 0.256 e. The van der Waals surface area contributed by atoms with Gasteiger partial charge in [-0.3, -0.25) is 9.63 Å². The maximum absolute atomic E-state index is 13.4. The van der Waals surface area contributed by atoms with Gasteiger partial charge >= 0.3 is 0 Å². The summed E-state index contributed by atoms with van der Waals surface area (Å²) in [6.45, 7) is 8.37. The lowest BCUT2D eigenvalue weighted by atomic mass is 9.69. The van der Waals surface area contributed by atoms with Crippen LogP contribution in [0.5, 0.6) is 0 Å². The second-order valence-corrected chi connectivity index (χ2v) is 11.1. The van der Waals surface area contributed by atoms with Crippen molar-refractivity contribution in [3.63, 3.8) is 0 Å². The molecule has 29 heavy (non-hydrogen) atoms. The number of fused-ring (bicyclic) bond motifs is 1. The van der Waals surface area contributed by atoms with Gasteiger partial charge < -0.3 is 0 Å². The molecule has 3 aliphatic rings. The molecule has 1 heterocycles. The number of hydroxylamine groups is 1. The van der Waals surface area contributed by atoms with Gasteiger partial charge in [0.05, 0.1) is 18.4 Å². The number of amides is 1. The third-order valence-corrected chi connectivity index (χ3v) is 9.55. The average molecular weight is 419 g/mol. The number of carbonyl (C=O) groups excluding carboxylic acids is 1. The number of carbonyl (C=O) groups is 1. The highest BCUT2D eigenvalue weighted by Crippen LogP contribution is 2.70. The van der Waals surface area contributed by atoms with E-state index in [0.29, 0.717) is 12.3 Å². The Kier molecular flexibility index (Phi) is 5.12. The van der Waals surface area contributed by atoms with Crippen molar-refractivity contribution in [3.05, 3.63) is 48.6 Å². The number of benzene rings is 1. The minimum atomic E-state index is -3.65. The maximum atomic E-state index is 13.4. The Hall–Kier alpha value is -1.70. The molecule has 0 aromatic heterocycles. The first-order valence-corrected chi connectivity index (χ1v) is 11.9. The first-order chi connectivity index (χ1) is 13.7. The van der Waals surface area contributed by atoms with Gasteiger partial charge in [-0.05, 0) is 42.6 Å². The molecule has 1 aromatic rings. The third-order valence-electron chi connectivity index (χ3n) is 7.64. The quantitative estimate of drug-likeness (QED) is 0.544. The number of hydrogen-bond donors (Lipinski definition) is 1. The fourth-order valence-corrected chi connectivity index (χ4v) is 8.47. The Labute approximate surface area is 173 Å². The van der Waals surface area contributed by atoms with Gasteiger partial charge in [0.2, 0.25) is 10.0 Å². The van der Waals surface area contributed by atoms with Crippen molar-refractivity contribution in [2.75, 3.05) is 5.75 Å². The molecule has 2 bridgehead atoms. The van der Waals surface area contributed by atoms with E-state index in [2.05, 4.69) is 25.9 Å². The van der Waals surface area contributed by atoms with Crippen LogP contribution in [0.15, 0.2) is 43.0 Å². The predicted octanol–water partition coefficient (Wildman–Crippen LogP) is 3.02. The molecule has 1 aliphatic heterocycles. The van der Waals surface area contributed by atoms with E-state index in [0.717, 1.165) is 24.8 Å². The molecule has 7 heteroatoms. The normalized spacial score (nSPS) is 32.1. The van der Waals surface area contributed by atoms with Crippen molar-refractivity contribution in [1.82, 2.24) is 9.79 Å². The third kappa shape index (κ3) is 3.14. The van der Waals surface area contributed by atoms with Crippen LogP contribution in [-0.2, 0) is 26.3 Å². The van der Waals surface area contributed by atoms with Crippen LogP contribution in [0.3, 0.4) is 0 Å². The van der Waals surface area contributed by atoms with E-state index in [4.69, 9.17) is 4.84 Å². The second kappa shape index (κ2) is 7.22. The lowest BCUT2D eigenvalue weighted by molar-refractivity contribution is -0.136. The maximum Gasteiger partial charge on any atom is 0.256 e. The number of rotatable bonds is 7. The van der Waals surface area contributed by atoms with E-state index in [-0.39, 0.29) is 29.2 Å². The fourth-order valence-electron chi connectivity index (χ4n) is 5.90. The zero-order chi connectivity index (χ0) is 20.9. The first-order valence-electron chi connectivity index (χ1n) is 10.3. The van der Waals surface area contributed by atoms with Gasteiger partial charge in [0.15, 0.2) is 0 Å². The average Bonchev–Trinajstić information content (AvgIpc) is 3.15. The zero-order valence-corrected chi connectivity index (χ0v) is 18.0. The van der Waals surface area contributed by atoms with Crippen LogP contribution in [0.25, 0.3) is 0 Å². The van der Waals surface area contributed by atoms with E-state index in [1.54, 1.807) is 6.08 Å². The molecule has 158 valence electrons. The van der Waals surface area contributed by atoms with Gasteiger partial charge in [-0.1, -0.05) is 50.3 Å². The number of sulfonamides is 1. The molecule has 1 N–H and O–H groups in total. The summed E-state index contributed by atoms with van der Waals surface area (Å²) in [5.41, 5.74) is 3.38. The van der Waals surface area contributed by atoms with E-state index in [9.17, 15) is 13.2 Å². The number of hydrogen-bond acceptors (Lipinski definition) is 5. The Morgan fingerprint density at radius 3 is 2.76 bits per heavy atom. The van der Waals surface area contributed by atoms with E-state index in [1.165, 1.54) is 4.31 Å². The van der Waals surface area contributed by atoms with Crippen LogP contribution in [0.4, 0.5) is 0 Å². The fraction of sp³-hybridized carbons (Fsp3) is 0.591. The lowest BCUT2D eigenvalue weighted by Gasteiger charge is -2.37. The van der Waals surface area contributed by atoms with Crippen LogP contribution in [0.2, 0.25) is 0 Å². The van der Waals surface area contributed by atoms with Crippen LogP contribution in [0.1, 0.15) is 45.1 Å². The van der Waals surface area contributed by atoms with E-state index < -0.39 is 22.0 Å². The molecule has 1 spiro atoms. The monoisotopic (exact) mass is 418 g/mol. The van der Waals surface area contributed by atoms with E-state index >= 15 is 0 Å². The highest BCUT2D eigenvalue weighted by atomic mass is 32.2. The van der Waals surface area contributed by atoms with Gasteiger partial charge in [0.1, 0.15) is 6.04 Å². The van der Waals surface area contributed by atoms with Crippen molar-refractivity contribution in [2.24, 2.45) is 16.7 Å². The molecule has 4 rings (SSSR count). The molecule has 0 radical (unpaired) electrons. The topological polar surface area (TPSA) is 75.7 Å². The number of nitrogens with one attached hydrogen (secondary N) is 1. The highest BCUT2D eigenvalue weighted by molar-refractivity contribution is 7.90. The van der Waals surface area contributed by atoms with Crippen molar-refractivity contribution in [1.29, 1.82) is 0 Å². The van der Waals surface area contributed by atoms with Crippen molar-refractivity contribution in [2.45, 2.75) is 58.2 Å². The van der Waals surface area contributed by atoms with Crippen LogP contribution in [0, 0.1) is 16.7 Å². The molecular formula is C22H30N2O4S. The summed E-state index contributed by atoms with van der Waals surface area (Å²) in [6, 6.07) is 8.60. The van der Waals surface area contributed by atoms with Gasteiger partial charge in [-0.2, -0.15) is 5.48 Å². The van der Waals surface area contributed by atoms with Crippen molar-refractivity contribution in [3.8, 4) is 0 Å². The van der Waals surface area contributed by atoms with Crippen LogP contribution < -0.4 is 5.48 Å². The Morgan fingerprint density at radius 2 is 2.10 bits per heavy atom. The van der Waals surface area contributed by atoms with E-state index in [1.807, 2.05) is 30.3 Å². The summed E-state index contributed by atoms with van der Waals surface area (Å²) in [6.07, 6.45) is 4.61. The Morgan fingerprint density at radius 1 is 1.38 bits per heavy atom. The Balaban J connectivity index is 1.52. The summed E-state index contributed by atoms with van der Waals surface area (Å²) in [5.74, 6) is 0.118. The standard InChI is InChI=1S/C22H30N2O4S/c1-4-8-18(23-28-14-16-9-6-5-7-10-16)20(25)24-19-13-17-11-12-22(19,21(17,2)3)15-29(24,26)27/h4-7,9-10,17-19,23H,1,8,11-15H2,2-3H3/t17?,18-,19?,22+/m0/s1. The lowest BCUT2D eigenvalue weighted by Crippen LogP contribution is -2.51. The van der Waals surface area contributed by atoms with Crippen LogP contribution in [-0.4, -0.2) is 36.5 Å². The van der Waals surface area contributed by atoms with Crippen molar-refractivity contribution < 1.29 is 18.0 Å². The largest absolute Gasteiger partial charge is 0.296 e. The van der Waals surface area contributed by atoms with Crippen LogP contribution >= 0.6 is 0 Å². The van der Waals surface area contributed by atoms with Gasteiger partial charge in [0.25, 0.3) is 5.91 Å². The van der Waals surface area contributed by atoms with Gasteiger partial charge in [-0.25, -0.2) is 12.7 Å². The SMILES string of the molecule is C=CC[C@H](NOCc1ccccc1)C(=O)N1C2CC3CC[C@]2(CS1(=O)=O)C3(C)C. The molecule has 2 unspecified atom stereocenters. The Bertz CT molecular complexity index is 899. The molecule has 2 aliphatic carbocycles. The van der Waals surface area contributed by atoms with Crippen molar-refractivity contribution >= 4 is 15.9 Å². The van der Waals surface area contributed by atoms with Gasteiger partial charge in [-0.15, -0.1) is 6.58 Å². The molecule has 1 amide bonds. The summed E-state index contributed by atoms with van der Waals surface area (Å²) in [7, 11) is -3.65. The summed E-state index contributed by atoms with van der Waals surface area (Å²) < 4.78 is 27.4. The molecule has 3 fully saturated rings. The molecule has 4 atom stereocenters. The minimum absolute atomic E-state index is 0.0645. The zero-order valence-electron chi connectivity index (χ0n) is 17.1. The second-order valence-electron chi connectivity index (χ2n) is 9.22. The molecular weight excluding hydrogens is 388 g/mol. The first kappa shape index (κ1) is 20.6. The minimum Gasteiger partial charge on any atom is -0.296 e. The molecule has 1 saturated heterocycles. The predicted molar refractivity (Wildman–Crippen MR) is 111 cm³/mol. The molecule has 6 nitrogen and oxygen atoms in total. The summed E-state index contributed by atoms with van der Waals surface area (Å²) >= 11 is 0. The number of nitrogens with zero attached hydrogens (tertiary/aromatic N) is 1.